The summed E-state index contributed by atoms with van der Waals surface area (Å²) < 4.78 is 0. The van der Waals surface area contributed by atoms with E-state index >= 15 is 0 Å². The minimum absolute atomic E-state index is 0.341. The molecule has 0 heterocycles. The maximum Gasteiger partial charge on any atom is 0.115 e. The SMILES string of the molecule is CSC1CCCCC1NCc1ccc(O)cc1. The first kappa shape index (κ1) is 12.8. The molecule has 0 radical (unpaired) electrons. The highest BCUT2D eigenvalue weighted by atomic mass is 32.2. The molecule has 1 aromatic carbocycles. The Balaban J connectivity index is 1.86. The van der Waals surface area contributed by atoms with Gasteiger partial charge in [0.1, 0.15) is 5.75 Å². The fraction of sp³-hybridized carbons (Fsp3) is 0.571. The lowest BCUT2D eigenvalue weighted by Crippen LogP contribution is -2.39. The Morgan fingerprint density at radius 2 is 1.94 bits per heavy atom. The molecule has 1 saturated carbocycles. The molecule has 1 aliphatic rings. The molecule has 2 N–H and O–H groups in total. The molecule has 2 nitrogen and oxygen atoms in total. The summed E-state index contributed by atoms with van der Waals surface area (Å²) >= 11 is 1.99. The van der Waals surface area contributed by atoms with Crippen LogP contribution in [0.3, 0.4) is 0 Å². The van der Waals surface area contributed by atoms with Crippen LogP contribution in [0.25, 0.3) is 0 Å². The third-order valence-electron chi connectivity index (χ3n) is 3.51. The van der Waals surface area contributed by atoms with Gasteiger partial charge in [-0.3, -0.25) is 0 Å². The Bertz CT molecular complexity index is 339. The highest BCUT2D eigenvalue weighted by molar-refractivity contribution is 7.99. The molecule has 2 atom stereocenters. The Kier molecular flexibility index (Phi) is 4.75. The number of benzene rings is 1. The smallest absolute Gasteiger partial charge is 0.115 e. The van der Waals surface area contributed by atoms with Gasteiger partial charge < -0.3 is 10.4 Å². The molecule has 0 bridgehead atoms. The Morgan fingerprint density at radius 1 is 1.24 bits per heavy atom. The lowest BCUT2D eigenvalue weighted by Gasteiger charge is -2.31. The van der Waals surface area contributed by atoms with Gasteiger partial charge in [0.2, 0.25) is 0 Å². The molecule has 2 unspecified atom stereocenters. The third-order valence-corrected chi connectivity index (χ3v) is 4.68. The number of rotatable bonds is 4. The van der Waals surface area contributed by atoms with E-state index in [4.69, 9.17) is 0 Å². The van der Waals surface area contributed by atoms with E-state index in [1.165, 1.54) is 31.2 Å². The van der Waals surface area contributed by atoms with Crippen molar-refractivity contribution >= 4 is 11.8 Å². The number of aromatic hydroxyl groups is 1. The summed E-state index contributed by atoms with van der Waals surface area (Å²) in [6.07, 6.45) is 7.58. The van der Waals surface area contributed by atoms with Gasteiger partial charge in [0.05, 0.1) is 0 Å². The minimum atomic E-state index is 0.341. The fourth-order valence-corrected chi connectivity index (χ4v) is 3.44. The molecular formula is C14H21NOS. The molecule has 0 spiro atoms. The second-order valence-corrected chi connectivity index (χ2v) is 5.79. The summed E-state index contributed by atoms with van der Waals surface area (Å²) in [5, 5.41) is 13.7. The second kappa shape index (κ2) is 6.31. The molecule has 3 heteroatoms. The molecule has 1 aromatic rings. The van der Waals surface area contributed by atoms with Crippen molar-refractivity contribution in [1.82, 2.24) is 5.32 Å². The van der Waals surface area contributed by atoms with Crippen LogP contribution in [-0.2, 0) is 6.54 Å². The first-order chi connectivity index (χ1) is 8.29. The lowest BCUT2D eigenvalue weighted by molar-refractivity contribution is 0.383. The number of nitrogens with one attached hydrogen (secondary N) is 1. The topological polar surface area (TPSA) is 32.3 Å². The lowest BCUT2D eigenvalue weighted by atomic mass is 9.94. The molecule has 94 valence electrons. The number of phenolic OH excluding ortho intramolecular Hbond substituents is 1. The quantitative estimate of drug-likeness (QED) is 0.862. The van der Waals surface area contributed by atoms with E-state index in [9.17, 15) is 5.11 Å². The van der Waals surface area contributed by atoms with Crippen LogP contribution in [0.15, 0.2) is 24.3 Å². The van der Waals surface area contributed by atoms with Crippen LogP contribution in [0.1, 0.15) is 31.2 Å². The van der Waals surface area contributed by atoms with Crippen molar-refractivity contribution in [2.24, 2.45) is 0 Å². The molecular weight excluding hydrogens is 230 g/mol. The van der Waals surface area contributed by atoms with Gasteiger partial charge in [-0.2, -0.15) is 11.8 Å². The zero-order valence-corrected chi connectivity index (χ0v) is 11.2. The van der Waals surface area contributed by atoms with Crippen molar-refractivity contribution in [3.8, 4) is 5.75 Å². The second-order valence-electron chi connectivity index (χ2n) is 4.71. The van der Waals surface area contributed by atoms with Crippen molar-refractivity contribution in [2.75, 3.05) is 6.26 Å². The largest absolute Gasteiger partial charge is 0.508 e. The third kappa shape index (κ3) is 3.65. The Morgan fingerprint density at radius 3 is 2.65 bits per heavy atom. The molecule has 0 amide bonds. The fourth-order valence-electron chi connectivity index (χ4n) is 2.48. The van der Waals surface area contributed by atoms with Crippen molar-refractivity contribution in [3.63, 3.8) is 0 Å². The predicted octanol–water partition coefficient (Wildman–Crippen LogP) is 3.16. The van der Waals surface area contributed by atoms with Gasteiger partial charge in [-0.1, -0.05) is 25.0 Å². The van der Waals surface area contributed by atoms with Crippen LogP contribution in [-0.4, -0.2) is 22.7 Å². The van der Waals surface area contributed by atoms with Gasteiger partial charge in [0.15, 0.2) is 0 Å². The molecule has 0 saturated heterocycles. The van der Waals surface area contributed by atoms with E-state index in [1.54, 1.807) is 12.1 Å². The van der Waals surface area contributed by atoms with Gasteiger partial charge in [0.25, 0.3) is 0 Å². The first-order valence-electron chi connectivity index (χ1n) is 6.33. The van der Waals surface area contributed by atoms with Crippen LogP contribution in [0.5, 0.6) is 5.75 Å². The van der Waals surface area contributed by atoms with Crippen LogP contribution in [0, 0.1) is 0 Å². The van der Waals surface area contributed by atoms with Gasteiger partial charge in [0, 0.05) is 17.8 Å². The van der Waals surface area contributed by atoms with Crippen LogP contribution < -0.4 is 5.32 Å². The summed E-state index contributed by atoms with van der Waals surface area (Å²) in [7, 11) is 0. The van der Waals surface area contributed by atoms with Crippen molar-refractivity contribution in [2.45, 2.75) is 43.5 Å². The summed E-state index contributed by atoms with van der Waals surface area (Å²) in [4.78, 5) is 0. The standard InChI is InChI=1S/C14H21NOS/c1-17-14-5-3-2-4-13(14)15-10-11-6-8-12(16)9-7-11/h6-9,13-16H,2-5,10H2,1H3. The first-order valence-corrected chi connectivity index (χ1v) is 7.62. The van der Waals surface area contributed by atoms with Crippen molar-refractivity contribution in [1.29, 1.82) is 0 Å². The Hall–Kier alpha value is -0.670. The maximum absolute atomic E-state index is 9.23. The average Bonchev–Trinajstić information content (AvgIpc) is 2.38. The number of hydrogen-bond donors (Lipinski definition) is 2. The number of thioether (sulfide) groups is 1. The van der Waals surface area contributed by atoms with Gasteiger partial charge >= 0.3 is 0 Å². The molecule has 0 aliphatic heterocycles. The minimum Gasteiger partial charge on any atom is -0.508 e. The van der Waals surface area contributed by atoms with Crippen LogP contribution >= 0.6 is 11.8 Å². The Labute approximate surface area is 108 Å². The molecule has 17 heavy (non-hydrogen) atoms. The average molecular weight is 251 g/mol. The van der Waals surface area contributed by atoms with E-state index in [0.717, 1.165) is 11.8 Å². The molecule has 1 fully saturated rings. The van der Waals surface area contributed by atoms with E-state index in [2.05, 4.69) is 11.6 Å². The van der Waals surface area contributed by atoms with Crippen LogP contribution in [0.2, 0.25) is 0 Å². The zero-order chi connectivity index (χ0) is 12.1. The summed E-state index contributed by atoms with van der Waals surface area (Å²) in [6.45, 7) is 0.905. The molecule has 1 aliphatic carbocycles. The van der Waals surface area contributed by atoms with Gasteiger partial charge in [-0.05, 0) is 36.8 Å². The molecule has 0 aromatic heterocycles. The van der Waals surface area contributed by atoms with Crippen molar-refractivity contribution in [3.05, 3.63) is 29.8 Å². The van der Waals surface area contributed by atoms with E-state index in [1.807, 2.05) is 23.9 Å². The number of hydrogen-bond acceptors (Lipinski definition) is 3. The highest BCUT2D eigenvalue weighted by Crippen LogP contribution is 2.27. The summed E-state index contributed by atoms with van der Waals surface area (Å²) in [6, 6.07) is 8.12. The van der Waals surface area contributed by atoms with Crippen LogP contribution in [0.4, 0.5) is 0 Å². The monoisotopic (exact) mass is 251 g/mol. The van der Waals surface area contributed by atoms with Gasteiger partial charge in [-0.15, -0.1) is 0 Å². The van der Waals surface area contributed by atoms with E-state index in [-0.39, 0.29) is 0 Å². The summed E-state index contributed by atoms with van der Waals surface area (Å²) in [5.74, 6) is 0.341. The highest BCUT2D eigenvalue weighted by Gasteiger charge is 2.23. The van der Waals surface area contributed by atoms with E-state index in [0.29, 0.717) is 11.8 Å². The summed E-state index contributed by atoms with van der Waals surface area (Å²) in [5.41, 5.74) is 1.24. The number of phenols is 1. The van der Waals surface area contributed by atoms with E-state index < -0.39 is 0 Å². The van der Waals surface area contributed by atoms with Gasteiger partial charge in [-0.25, -0.2) is 0 Å². The zero-order valence-electron chi connectivity index (χ0n) is 10.4. The normalized spacial score (nSPS) is 24.8. The maximum atomic E-state index is 9.23. The predicted molar refractivity (Wildman–Crippen MR) is 74.5 cm³/mol. The van der Waals surface area contributed by atoms with Crippen molar-refractivity contribution < 1.29 is 5.11 Å². The molecule has 2 rings (SSSR count).